The molecule has 0 spiro atoms. The Kier molecular flexibility index (Phi) is 6.44. The zero-order chi connectivity index (χ0) is 9.56. The number of halogens is 1. The van der Waals surface area contributed by atoms with Gasteiger partial charge in [-0.3, -0.25) is 4.79 Å². The summed E-state index contributed by atoms with van der Waals surface area (Å²) in [7, 11) is 0. The monoisotopic (exact) mass is 236 g/mol. The number of hydrogen-bond acceptors (Lipinski definition) is 1. The Morgan fingerprint density at radius 3 is 2.42 bits per heavy atom. The van der Waals surface area contributed by atoms with Crippen LogP contribution in [0.25, 0.3) is 0 Å². The van der Waals surface area contributed by atoms with Crippen molar-refractivity contribution in [3.63, 3.8) is 0 Å². The molecule has 0 aromatic rings. The van der Waals surface area contributed by atoms with E-state index in [4.69, 9.17) is 5.11 Å². The zero-order valence-corrected chi connectivity index (χ0v) is 9.30. The molecule has 0 bridgehead atoms. The summed E-state index contributed by atoms with van der Waals surface area (Å²) in [4.78, 5) is 10.5. The molecular formula is C9H17BrO2. The highest BCUT2D eigenvalue weighted by Crippen LogP contribution is 2.19. The van der Waals surface area contributed by atoms with Crippen molar-refractivity contribution < 1.29 is 9.90 Å². The summed E-state index contributed by atoms with van der Waals surface area (Å²) in [5.74, 6) is 0.247. The summed E-state index contributed by atoms with van der Waals surface area (Å²) in [6.45, 7) is 4.26. The molecule has 0 fully saturated rings. The summed E-state index contributed by atoms with van der Waals surface area (Å²) in [5.41, 5.74) is 0. The smallest absolute Gasteiger partial charge is 0.303 e. The van der Waals surface area contributed by atoms with Gasteiger partial charge in [0.15, 0.2) is 0 Å². The molecule has 0 aromatic carbocycles. The second kappa shape index (κ2) is 6.46. The Morgan fingerprint density at radius 1 is 1.50 bits per heavy atom. The molecule has 1 N–H and O–H groups in total. The molecule has 1 atom stereocenters. The van der Waals surface area contributed by atoms with Crippen LogP contribution < -0.4 is 0 Å². The van der Waals surface area contributed by atoms with E-state index in [-0.39, 0.29) is 0 Å². The van der Waals surface area contributed by atoms with Crippen molar-refractivity contribution in [3.05, 3.63) is 0 Å². The van der Waals surface area contributed by atoms with E-state index in [0.717, 1.165) is 18.2 Å². The van der Waals surface area contributed by atoms with E-state index in [1.807, 2.05) is 0 Å². The fourth-order valence-corrected chi connectivity index (χ4v) is 2.02. The first-order valence-electron chi connectivity index (χ1n) is 4.34. The van der Waals surface area contributed by atoms with Crippen molar-refractivity contribution >= 4 is 21.9 Å². The third kappa shape index (κ3) is 6.65. The van der Waals surface area contributed by atoms with Gasteiger partial charge in [-0.25, -0.2) is 0 Å². The molecule has 0 aliphatic carbocycles. The van der Waals surface area contributed by atoms with E-state index < -0.39 is 5.97 Å². The molecule has 3 heteroatoms. The quantitative estimate of drug-likeness (QED) is 0.721. The molecule has 0 radical (unpaired) electrons. The highest BCUT2D eigenvalue weighted by molar-refractivity contribution is 9.09. The fraction of sp³-hybridized carbons (Fsp3) is 0.889. The van der Waals surface area contributed by atoms with Crippen LogP contribution >= 0.6 is 15.9 Å². The van der Waals surface area contributed by atoms with Crippen LogP contribution in [-0.4, -0.2) is 16.4 Å². The van der Waals surface area contributed by atoms with E-state index >= 15 is 0 Å². The Balaban J connectivity index is 3.77. The van der Waals surface area contributed by atoms with Crippen molar-refractivity contribution in [1.29, 1.82) is 0 Å². The van der Waals surface area contributed by atoms with Gasteiger partial charge in [0.1, 0.15) is 0 Å². The number of carboxylic acids is 1. The maximum Gasteiger partial charge on any atom is 0.303 e. The van der Waals surface area contributed by atoms with Crippen LogP contribution in [0.4, 0.5) is 0 Å². The Bertz CT molecular complexity index is 134. The van der Waals surface area contributed by atoms with Gasteiger partial charge in [-0.05, 0) is 24.7 Å². The number of alkyl halides is 1. The molecule has 0 rings (SSSR count). The zero-order valence-electron chi connectivity index (χ0n) is 7.72. The fourth-order valence-electron chi connectivity index (χ4n) is 1.37. The van der Waals surface area contributed by atoms with Crippen LogP contribution in [0.2, 0.25) is 0 Å². The Labute approximate surface area is 82.5 Å². The summed E-state index contributed by atoms with van der Waals surface area (Å²) in [5, 5.41) is 9.51. The van der Waals surface area contributed by atoms with Crippen molar-refractivity contribution in [2.24, 2.45) is 11.8 Å². The van der Waals surface area contributed by atoms with E-state index in [1.165, 1.54) is 0 Å². The molecule has 1 unspecified atom stereocenters. The normalized spacial score (nSPS) is 13.3. The van der Waals surface area contributed by atoms with Gasteiger partial charge < -0.3 is 5.11 Å². The molecular weight excluding hydrogens is 220 g/mol. The second-order valence-corrected chi connectivity index (χ2v) is 4.36. The first kappa shape index (κ1) is 11.9. The largest absolute Gasteiger partial charge is 0.481 e. The average molecular weight is 237 g/mol. The molecule has 12 heavy (non-hydrogen) atoms. The third-order valence-corrected chi connectivity index (χ3v) is 2.24. The summed E-state index contributed by atoms with van der Waals surface area (Å²) < 4.78 is 0. The molecule has 0 saturated heterocycles. The van der Waals surface area contributed by atoms with Crippen LogP contribution in [-0.2, 0) is 4.79 Å². The number of carboxylic acid groups (broad SMARTS) is 1. The third-order valence-electron chi connectivity index (χ3n) is 1.79. The number of rotatable bonds is 6. The topological polar surface area (TPSA) is 37.3 Å². The summed E-state index contributed by atoms with van der Waals surface area (Å²) in [6, 6.07) is 0. The standard InChI is InChI=1S/C9H17BrO2/c1-7(2)5-8(3-4-10)6-9(11)12/h7-8H,3-6H2,1-2H3,(H,11,12). The number of hydrogen-bond donors (Lipinski definition) is 1. The summed E-state index contributed by atoms with van der Waals surface area (Å²) in [6.07, 6.45) is 2.28. The lowest BCUT2D eigenvalue weighted by molar-refractivity contribution is -0.138. The molecule has 72 valence electrons. The molecule has 0 aliphatic rings. The van der Waals surface area contributed by atoms with Crippen molar-refractivity contribution in [2.45, 2.75) is 33.1 Å². The first-order chi connectivity index (χ1) is 5.56. The summed E-state index contributed by atoms with van der Waals surface area (Å²) >= 11 is 3.34. The van der Waals surface area contributed by atoms with Crippen molar-refractivity contribution in [3.8, 4) is 0 Å². The Hall–Kier alpha value is -0.0500. The van der Waals surface area contributed by atoms with Crippen LogP contribution in [0.5, 0.6) is 0 Å². The van der Waals surface area contributed by atoms with Gasteiger partial charge >= 0.3 is 5.97 Å². The molecule has 0 aliphatic heterocycles. The van der Waals surface area contributed by atoms with Crippen molar-refractivity contribution in [1.82, 2.24) is 0 Å². The first-order valence-corrected chi connectivity index (χ1v) is 5.46. The highest BCUT2D eigenvalue weighted by Gasteiger charge is 2.13. The molecule has 0 aromatic heterocycles. The van der Waals surface area contributed by atoms with Gasteiger partial charge in [-0.2, -0.15) is 0 Å². The van der Waals surface area contributed by atoms with E-state index in [1.54, 1.807) is 0 Å². The lowest BCUT2D eigenvalue weighted by Crippen LogP contribution is -2.11. The van der Waals surface area contributed by atoms with Gasteiger partial charge in [0.05, 0.1) is 0 Å². The maximum atomic E-state index is 10.5. The molecule has 0 heterocycles. The Morgan fingerprint density at radius 2 is 2.08 bits per heavy atom. The van der Waals surface area contributed by atoms with E-state index in [9.17, 15) is 4.79 Å². The minimum atomic E-state index is -0.679. The predicted molar refractivity (Wildman–Crippen MR) is 53.6 cm³/mol. The SMILES string of the molecule is CC(C)CC(CCBr)CC(=O)O. The molecule has 0 amide bonds. The van der Waals surface area contributed by atoms with E-state index in [2.05, 4.69) is 29.8 Å². The average Bonchev–Trinajstić information content (AvgIpc) is 1.84. The van der Waals surface area contributed by atoms with Crippen LogP contribution in [0.1, 0.15) is 33.1 Å². The van der Waals surface area contributed by atoms with Crippen LogP contribution in [0, 0.1) is 11.8 Å². The van der Waals surface area contributed by atoms with Gasteiger partial charge in [0.2, 0.25) is 0 Å². The molecule has 0 saturated carbocycles. The number of aliphatic carboxylic acids is 1. The van der Waals surface area contributed by atoms with Gasteiger partial charge in [0, 0.05) is 11.8 Å². The van der Waals surface area contributed by atoms with E-state index in [0.29, 0.717) is 18.3 Å². The minimum Gasteiger partial charge on any atom is -0.481 e. The van der Waals surface area contributed by atoms with Crippen molar-refractivity contribution in [2.75, 3.05) is 5.33 Å². The lowest BCUT2D eigenvalue weighted by atomic mass is 9.92. The molecule has 2 nitrogen and oxygen atoms in total. The minimum absolute atomic E-state index is 0.309. The lowest BCUT2D eigenvalue weighted by Gasteiger charge is -2.15. The van der Waals surface area contributed by atoms with Crippen LogP contribution in [0.15, 0.2) is 0 Å². The van der Waals surface area contributed by atoms with Gasteiger partial charge in [0.25, 0.3) is 0 Å². The predicted octanol–water partition coefficient (Wildman–Crippen LogP) is 2.91. The maximum absolute atomic E-state index is 10.5. The van der Waals surface area contributed by atoms with Gasteiger partial charge in [-0.15, -0.1) is 0 Å². The second-order valence-electron chi connectivity index (χ2n) is 3.57. The van der Waals surface area contributed by atoms with Gasteiger partial charge in [-0.1, -0.05) is 29.8 Å². The highest BCUT2D eigenvalue weighted by atomic mass is 79.9. The van der Waals surface area contributed by atoms with Crippen LogP contribution in [0.3, 0.4) is 0 Å². The number of carbonyl (C=O) groups is 1.